The SMILES string of the molecule is CN=C1NC(C)(C2=CC(C)(Br)CC=C2F)CS(=O)(=O)N1C. The molecule has 1 fully saturated rings. The maximum atomic E-state index is 14.3. The molecule has 2 aliphatic rings. The van der Waals surface area contributed by atoms with E-state index in [4.69, 9.17) is 0 Å². The Morgan fingerprint density at radius 3 is 2.67 bits per heavy atom. The van der Waals surface area contributed by atoms with Crippen molar-refractivity contribution >= 4 is 31.9 Å². The Hall–Kier alpha value is -0.890. The van der Waals surface area contributed by atoms with Crippen LogP contribution in [-0.2, 0) is 10.0 Å². The summed E-state index contributed by atoms with van der Waals surface area (Å²) in [6, 6.07) is 0. The van der Waals surface area contributed by atoms with Crippen LogP contribution in [0, 0.1) is 0 Å². The second-order valence-electron chi connectivity index (χ2n) is 5.82. The second kappa shape index (κ2) is 5.08. The normalized spacial score (nSPS) is 37.8. The van der Waals surface area contributed by atoms with E-state index in [2.05, 4.69) is 26.2 Å². The fourth-order valence-corrected chi connectivity index (χ4v) is 4.48. The van der Waals surface area contributed by atoms with Gasteiger partial charge in [-0.3, -0.25) is 4.99 Å². The molecule has 0 aromatic carbocycles. The summed E-state index contributed by atoms with van der Waals surface area (Å²) in [5, 5.41) is 3.05. The average molecular weight is 380 g/mol. The van der Waals surface area contributed by atoms with E-state index in [-0.39, 0.29) is 16.0 Å². The molecule has 0 radical (unpaired) electrons. The van der Waals surface area contributed by atoms with Gasteiger partial charge >= 0.3 is 0 Å². The number of sulfonamides is 1. The Balaban J connectivity index is 2.52. The number of guanidine groups is 1. The smallest absolute Gasteiger partial charge is 0.239 e. The van der Waals surface area contributed by atoms with Gasteiger partial charge in [0.15, 0.2) is 0 Å². The van der Waals surface area contributed by atoms with Crippen molar-refractivity contribution in [3.8, 4) is 0 Å². The highest BCUT2D eigenvalue weighted by Crippen LogP contribution is 2.39. The van der Waals surface area contributed by atoms with E-state index >= 15 is 0 Å². The molecule has 1 N–H and O–H groups in total. The van der Waals surface area contributed by atoms with Crippen LogP contribution in [0.2, 0.25) is 0 Å². The van der Waals surface area contributed by atoms with E-state index < -0.39 is 21.4 Å². The number of rotatable bonds is 1. The molecule has 8 heteroatoms. The van der Waals surface area contributed by atoms with E-state index in [1.165, 1.54) is 20.2 Å². The average Bonchev–Trinajstić information content (AvgIpc) is 2.36. The molecule has 0 saturated carbocycles. The standard InChI is InChI=1S/C13H19BrFN3O2S/c1-12(14)6-5-10(15)9(7-12)13(2)8-21(19,20)18(4)11(16-3)17-13/h5,7H,6,8H2,1-4H3,(H,16,17). The molecule has 0 spiro atoms. The van der Waals surface area contributed by atoms with Crippen molar-refractivity contribution in [3.63, 3.8) is 0 Å². The maximum Gasteiger partial charge on any atom is 0.239 e. The second-order valence-corrected chi connectivity index (χ2v) is 9.63. The summed E-state index contributed by atoms with van der Waals surface area (Å²) in [4.78, 5) is 3.95. The van der Waals surface area contributed by atoms with Gasteiger partial charge in [-0.25, -0.2) is 17.1 Å². The minimum atomic E-state index is -3.55. The van der Waals surface area contributed by atoms with Crippen LogP contribution in [0.1, 0.15) is 20.3 Å². The largest absolute Gasteiger partial charge is 0.345 e. The Morgan fingerprint density at radius 2 is 2.10 bits per heavy atom. The van der Waals surface area contributed by atoms with Crippen LogP contribution in [0.5, 0.6) is 0 Å². The third-order valence-corrected chi connectivity index (χ3v) is 6.27. The van der Waals surface area contributed by atoms with Crippen molar-refractivity contribution in [1.29, 1.82) is 0 Å². The molecule has 2 unspecified atom stereocenters. The topological polar surface area (TPSA) is 61.8 Å². The number of hydrogen-bond acceptors (Lipinski definition) is 3. The van der Waals surface area contributed by atoms with Gasteiger partial charge in [0.2, 0.25) is 16.0 Å². The Morgan fingerprint density at radius 1 is 1.48 bits per heavy atom. The van der Waals surface area contributed by atoms with Crippen LogP contribution < -0.4 is 5.32 Å². The molecule has 0 aromatic rings. The van der Waals surface area contributed by atoms with Gasteiger partial charge in [0.1, 0.15) is 5.83 Å². The highest BCUT2D eigenvalue weighted by molar-refractivity contribution is 9.10. The maximum absolute atomic E-state index is 14.3. The first-order chi connectivity index (χ1) is 9.51. The number of aliphatic imine (C=N–C) groups is 1. The number of halogens is 2. The Kier molecular flexibility index (Phi) is 3.99. The molecular formula is C13H19BrFN3O2S. The van der Waals surface area contributed by atoms with E-state index in [0.29, 0.717) is 12.0 Å². The van der Waals surface area contributed by atoms with Crippen molar-refractivity contribution in [2.24, 2.45) is 4.99 Å². The summed E-state index contributed by atoms with van der Waals surface area (Å²) in [5.74, 6) is -0.414. The molecule has 0 aromatic heterocycles. The van der Waals surface area contributed by atoms with E-state index in [1.807, 2.05) is 6.92 Å². The van der Waals surface area contributed by atoms with E-state index in [1.54, 1.807) is 13.0 Å². The predicted molar refractivity (Wildman–Crippen MR) is 85.7 cm³/mol. The lowest BCUT2D eigenvalue weighted by Gasteiger charge is -2.43. The zero-order valence-electron chi connectivity index (χ0n) is 12.4. The van der Waals surface area contributed by atoms with Crippen molar-refractivity contribution < 1.29 is 12.8 Å². The lowest BCUT2D eigenvalue weighted by atomic mass is 9.85. The number of alkyl halides is 1. The zero-order chi connectivity index (χ0) is 16.1. The third kappa shape index (κ3) is 3.01. The number of hydrogen-bond donors (Lipinski definition) is 1. The van der Waals surface area contributed by atoms with Crippen molar-refractivity contribution in [3.05, 3.63) is 23.6 Å². The lowest BCUT2D eigenvalue weighted by Crippen LogP contribution is -2.64. The number of nitrogens with zero attached hydrogens (tertiary/aromatic N) is 2. The van der Waals surface area contributed by atoms with Crippen LogP contribution in [0.15, 0.2) is 28.5 Å². The fraction of sp³-hybridized carbons (Fsp3) is 0.615. The first-order valence-electron chi connectivity index (χ1n) is 6.51. The Labute approximate surface area is 133 Å². The molecule has 5 nitrogen and oxygen atoms in total. The van der Waals surface area contributed by atoms with Gasteiger partial charge in [-0.2, -0.15) is 0 Å². The molecule has 1 aliphatic heterocycles. The van der Waals surface area contributed by atoms with Gasteiger partial charge in [-0.15, -0.1) is 0 Å². The minimum absolute atomic E-state index is 0.208. The summed E-state index contributed by atoms with van der Waals surface area (Å²) in [7, 11) is -0.623. The fourth-order valence-electron chi connectivity index (χ4n) is 2.55. The van der Waals surface area contributed by atoms with Crippen LogP contribution in [0.25, 0.3) is 0 Å². The van der Waals surface area contributed by atoms with Crippen LogP contribution in [0.3, 0.4) is 0 Å². The first-order valence-corrected chi connectivity index (χ1v) is 8.91. The number of allylic oxidation sites excluding steroid dienone is 2. The monoisotopic (exact) mass is 379 g/mol. The molecule has 1 saturated heterocycles. The lowest BCUT2D eigenvalue weighted by molar-refractivity contribution is 0.437. The van der Waals surface area contributed by atoms with Crippen LogP contribution in [-0.4, -0.2) is 48.4 Å². The highest BCUT2D eigenvalue weighted by atomic mass is 79.9. The molecule has 1 aliphatic carbocycles. The molecule has 2 atom stereocenters. The van der Waals surface area contributed by atoms with Crippen LogP contribution >= 0.6 is 15.9 Å². The Bertz CT molecular complexity index is 654. The molecule has 0 bridgehead atoms. The van der Waals surface area contributed by atoms with Gasteiger partial charge in [0.25, 0.3) is 0 Å². The van der Waals surface area contributed by atoms with E-state index in [9.17, 15) is 12.8 Å². The molecule has 21 heavy (non-hydrogen) atoms. The van der Waals surface area contributed by atoms with Gasteiger partial charge < -0.3 is 5.32 Å². The summed E-state index contributed by atoms with van der Waals surface area (Å²) >= 11 is 3.52. The summed E-state index contributed by atoms with van der Waals surface area (Å²) in [6.45, 7) is 3.59. The van der Waals surface area contributed by atoms with Gasteiger partial charge in [0, 0.05) is 24.0 Å². The van der Waals surface area contributed by atoms with Crippen molar-refractivity contribution in [1.82, 2.24) is 9.62 Å². The molecule has 2 rings (SSSR count). The first kappa shape index (κ1) is 16.5. The predicted octanol–water partition coefficient (Wildman–Crippen LogP) is 1.93. The molecule has 0 amide bonds. The van der Waals surface area contributed by atoms with Crippen molar-refractivity contribution in [2.45, 2.75) is 30.1 Å². The minimum Gasteiger partial charge on any atom is -0.345 e. The van der Waals surface area contributed by atoms with Gasteiger partial charge in [-0.05, 0) is 26.3 Å². The third-order valence-electron chi connectivity index (χ3n) is 3.76. The van der Waals surface area contributed by atoms with E-state index in [0.717, 1.165) is 4.31 Å². The highest BCUT2D eigenvalue weighted by Gasteiger charge is 2.46. The van der Waals surface area contributed by atoms with Gasteiger partial charge in [-0.1, -0.05) is 22.0 Å². The molecule has 118 valence electrons. The quantitative estimate of drug-likeness (QED) is 0.708. The van der Waals surface area contributed by atoms with Crippen molar-refractivity contribution in [2.75, 3.05) is 19.8 Å². The summed E-state index contributed by atoms with van der Waals surface area (Å²) < 4.78 is 39.6. The van der Waals surface area contributed by atoms with Gasteiger partial charge in [0.05, 0.1) is 11.3 Å². The molecule has 1 heterocycles. The summed E-state index contributed by atoms with van der Waals surface area (Å²) in [6.07, 6.45) is 3.73. The zero-order valence-corrected chi connectivity index (χ0v) is 14.8. The van der Waals surface area contributed by atoms with Crippen LogP contribution in [0.4, 0.5) is 4.39 Å². The summed E-state index contributed by atoms with van der Waals surface area (Å²) in [5.41, 5.74) is -0.720. The number of nitrogens with one attached hydrogen (secondary N) is 1. The molecular weight excluding hydrogens is 361 g/mol.